The van der Waals surface area contributed by atoms with Gasteiger partial charge in [0.15, 0.2) is 27.8 Å². The number of benzene rings is 2. The van der Waals surface area contributed by atoms with Gasteiger partial charge in [-0.05, 0) is 19.1 Å². The zero-order valence-electron chi connectivity index (χ0n) is 18.5. The second-order valence-corrected chi connectivity index (χ2v) is 7.79. The number of hydrogen-bond donors (Lipinski definition) is 0. The summed E-state index contributed by atoms with van der Waals surface area (Å²) >= 11 is 1.25. The largest absolute Gasteiger partial charge is 0.493 e. The zero-order chi connectivity index (χ0) is 23.5. The first-order valence-electron chi connectivity index (χ1n) is 9.96. The van der Waals surface area contributed by atoms with Gasteiger partial charge >= 0.3 is 5.97 Å². The lowest BCUT2D eigenvalue weighted by molar-refractivity contribution is -0.143. The van der Waals surface area contributed by atoms with E-state index in [0.29, 0.717) is 39.1 Å². The maximum atomic E-state index is 13.1. The van der Waals surface area contributed by atoms with Gasteiger partial charge in [-0.1, -0.05) is 11.3 Å². The Balaban J connectivity index is 1.83. The molecule has 1 aliphatic heterocycles. The number of carbonyl (C=O) groups is 2. The van der Waals surface area contributed by atoms with Crippen molar-refractivity contribution < 1.29 is 38.0 Å². The van der Waals surface area contributed by atoms with Crippen LogP contribution in [0.5, 0.6) is 28.7 Å². The van der Waals surface area contributed by atoms with Gasteiger partial charge in [-0.2, -0.15) is 4.99 Å². The van der Waals surface area contributed by atoms with E-state index in [1.165, 1.54) is 44.8 Å². The van der Waals surface area contributed by atoms with Crippen molar-refractivity contribution in [1.29, 1.82) is 0 Å². The van der Waals surface area contributed by atoms with Gasteiger partial charge in [0, 0.05) is 17.7 Å². The van der Waals surface area contributed by atoms with Crippen molar-refractivity contribution in [1.82, 2.24) is 4.57 Å². The summed E-state index contributed by atoms with van der Waals surface area (Å²) in [4.78, 5) is 30.0. The minimum Gasteiger partial charge on any atom is -0.493 e. The molecule has 1 aromatic heterocycles. The average molecular weight is 474 g/mol. The molecule has 10 nitrogen and oxygen atoms in total. The third-order valence-electron chi connectivity index (χ3n) is 4.88. The number of carbonyl (C=O) groups excluding carboxylic acids is 2. The standard InChI is InChI=1S/C22H22N2O8S/c1-5-30-19(25)10-24-13-8-14-15(32-11-31-14)9-18(13)33-22(24)23-21(26)12-6-16(27-2)20(29-4)17(7-12)28-3/h6-9H,5,10-11H2,1-4H3. The summed E-state index contributed by atoms with van der Waals surface area (Å²) in [5.74, 6) is 1.18. The van der Waals surface area contributed by atoms with Gasteiger partial charge in [0.25, 0.3) is 5.91 Å². The van der Waals surface area contributed by atoms with Gasteiger partial charge in [-0.25, -0.2) is 0 Å². The summed E-state index contributed by atoms with van der Waals surface area (Å²) in [6, 6.07) is 6.60. The van der Waals surface area contributed by atoms with E-state index in [0.717, 1.165) is 4.70 Å². The molecule has 33 heavy (non-hydrogen) atoms. The van der Waals surface area contributed by atoms with Crippen LogP contribution in [0.2, 0.25) is 0 Å². The van der Waals surface area contributed by atoms with Crippen molar-refractivity contribution in [3.8, 4) is 28.7 Å². The lowest BCUT2D eigenvalue weighted by Gasteiger charge is -2.12. The predicted octanol–water partition coefficient (Wildman–Crippen LogP) is 2.76. The molecular formula is C22H22N2O8S. The first-order chi connectivity index (χ1) is 16.0. The van der Waals surface area contributed by atoms with Crippen molar-refractivity contribution in [2.75, 3.05) is 34.7 Å². The molecule has 0 saturated carbocycles. The summed E-state index contributed by atoms with van der Waals surface area (Å²) < 4.78 is 34.4. The molecule has 0 bridgehead atoms. The Kier molecular flexibility index (Phi) is 6.40. The molecule has 0 radical (unpaired) electrons. The number of hydrogen-bond acceptors (Lipinski definition) is 9. The highest BCUT2D eigenvalue weighted by atomic mass is 32.1. The summed E-state index contributed by atoms with van der Waals surface area (Å²) in [5, 5.41) is 0. The summed E-state index contributed by atoms with van der Waals surface area (Å²) in [5.41, 5.74) is 0.910. The molecule has 11 heteroatoms. The molecule has 0 fully saturated rings. The Morgan fingerprint density at radius 1 is 1.03 bits per heavy atom. The predicted molar refractivity (Wildman–Crippen MR) is 119 cm³/mol. The molecule has 3 aromatic rings. The first kappa shape index (κ1) is 22.5. The molecular weight excluding hydrogens is 452 g/mol. The smallest absolute Gasteiger partial charge is 0.326 e. The minimum atomic E-state index is -0.543. The Morgan fingerprint density at radius 2 is 1.70 bits per heavy atom. The quantitative estimate of drug-likeness (QED) is 0.481. The number of methoxy groups -OCH3 is 3. The van der Waals surface area contributed by atoms with E-state index in [4.69, 9.17) is 28.4 Å². The molecule has 2 aromatic carbocycles. The van der Waals surface area contributed by atoms with Crippen LogP contribution in [-0.4, -0.2) is 51.2 Å². The average Bonchev–Trinajstić information content (AvgIpc) is 3.40. The van der Waals surface area contributed by atoms with E-state index >= 15 is 0 Å². The maximum absolute atomic E-state index is 13.1. The van der Waals surface area contributed by atoms with Crippen molar-refractivity contribution in [3.63, 3.8) is 0 Å². The Hall–Kier alpha value is -3.73. The number of amides is 1. The topological polar surface area (TPSA) is 107 Å². The number of esters is 1. The van der Waals surface area contributed by atoms with E-state index in [1.54, 1.807) is 23.6 Å². The Morgan fingerprint density at radius 3 is 2.30 bits per heavy atom. The van der Waals surface area contributed by atoms with E-state index in [-0.39, 0.29) is 25.5 Å². The van der Waals surface area contributed by atoms with Gasteiger partial charge < -0.3 is 33.0 Å². The third kappa shape index (κ3) is 4.31. The van der Waals surface area contributed by atoms with Crippen LogP contribution in [0.25, 0.3) is 10.2 Å². The summed E-state index contributed by atoms with van der Waals surface area (Å²) in [6.45, 7) is 1.98. The lowest BCUT2D eigenvalue weighted by Crippen LogP contribution is -2.23. The van der Waals surface area contributed by atoms with Gasteiger partial charge in [0.05, 0.1) is 38.2 Å². The van der Waals surface area contributed by atoms with E-state index in [2.05, 4.69) is 4.99 Å². The molecule has 0 unspecified atom stereocenters. The fourth-order valence-electron chi connectivity index (χ4n) is 3.39. The van der Waals surface area contributed by atoms with Crippen molar-refractivity contribution in [2.45, 2.75) is 13.5 Å². The van der Waals surface area contributed by atoms with Crippen LogP contribution in [0.4, 0.5) is 0 Å². The highest BCUT2D eigenvalue weighted by Crippen LogP contribution is 2.39. The molecule has 0 saturated heterocycles. The molecule has 0 aliphatic carbocycles. The van der Waals surface area contributed by atoms with Crippen LogP contribution in [-0.2, 0) is 16.1 Å². The SMILES string of the molecule is CCOC(=O)Cn1c(=NC(=O)c2cc(OC)c(OC)c(OC)c2)sc2cc3c(cc21)OCO3. The van der Waals surface area contributed by atoms with Gasteiger partial charge in [-0.15, -0.1) is 0 Å². The molecule has 2 heterocycles. The number of rotatable bonds is 7. The Bertz CT molecular complexity index is 1270. The monoisotopic (exact) mass is 474 g/mol. The number of thiazole rings is 1. The van der Waals surface area contributed by atoms with Crippen molar-refractivity contribution in [3.05, 3.63) is 34.6 Å². The van der Waals surface area contributed by atoms with Gasteiger partial charge in [0.1, 0.15) is 6.54 Å². The highest BCUT2D eigenvalue weighted by Gasteiger charge is 2.21. The third-order valence-corrected chi connectivity index (χ3v) is 5.92. The molecule has 1 amide bonds. The molecule has 0 spiro atoms. The molecule has 174 valence electrons. The molecule has 0 N–H and O–H groups in total. The second kappa shape index (κ2) is 9.41. The summed E-state index contributed by atoms with van der Waals surface area (Å²) in [7, 11) is 4.41. The molecule has 4 rings (SSSR count). The first-order valence-corrected chi connectivity index (χ1v) is 10.8. The fourth-order valence-corrected chi connectivity index (χ4v) is 4.43. The number of aromatic nitrogens is 1. The fraction of sp³-hybridized carbons (Fsp3) is 0.318. The number of ether oxygens (including phenoxy) is 6. The van der Waals surface area contributed by atoms with Crippen LogP contribution in [0, 0.1) is 0 Å². The number of fused-ring (bicyclic) bond motifs is 2. The van der Waals surface area contributed by atoms with E-state index in [9.17, 15) is 9.59 Å². The van der Waals surface area contributed by atoms with E-state index in [1.807, 2.05) is 0 Å². The van der Waals surface area contributed by atoms with Gasteiger partial charge in [-0.3, -0.25) is 9.59 Å². The van der Waals surface area contributed by atoms with Crippen molar-refractivity contribution >= 4 is 33.4 Å². The van der Waals surface area contributed by atoms with Crippen LogP contribution >= 0.6 is 11.3 Å². The minimum absolute atomic E-state index is 0.116. The van der Waals surface area contributed by atoms with Crippen molar-refractivity contribution in [2.24, 2.45) is 4.99 Å². The van der Waals surface area contributed by atoms with Crippen LogP contribution < -0.4 is 28.5 Å². The van der Waals surface area contributed by atoms with Gasteiger partial charge in [0.2, 0.25) is 12.5 Å². The summed E-state index contributed by atoms with van der Waals surface area (Å²) in [6.07, 6.45) is 0. The zero-order valence-corrected chi connectivity index (χ0v) is 19.3. The second-order valence-electron chi connectivity index (χ2n) is 6.78. The normalized spacial score (nSPS) is 12.7. The highest BCUT2D eigenvalue weighted by molar-refractivity contribution is 7.16. The van der Waals surface area contributed by atoms with Crippen LogP contribution in [0.3, 0.4) is 0 Å². The molecule has 0 atom stereocenters. The van der Waals surface area contributed by atoms with Crippen LogP contribution in [0.1, 0.15) is 17.3 Å². The molecule has 1 aliphatic rings. The van der Waals surface area contributed by atoms with Crippen LogP contribution in [0.15, 0.2) is 29.3 Å². The lowest BCUT2D eigenvalue weighted by atomic mass is 10.1. The van der Waals surface area contributed by atoms with E-state index < -0.39 is 11.9 Å². The Labute approximate surface area is 192 Å². The maximum Gasteiger partial charge on any atom is 0.326 e. The number of nitrogens with zero attached hydrogens (tertiary/aromatic N) is 2.